The number of hydrogen-bond donors (Lipinski definition) is 2. The van der Waals surface area contributed by atoms with E-state index >= 15 is 0 Å². The van der Waals surface area contributed by atoms with E-state index < -0.39 is 29.7 Å². The van der Waals surface area contributed by atoms with E-state index in [-0.39, 0.29) is 24.0 Å². The van der Waals surface area contributed by atoms with Crippen molar-refractivity contribution in [2.24, 2.45) is 0 Å². The SMILES string of the molecule is CCCN(CC)CCCCC(O)NCc1cc(C(F)(F)F)cc(C(F)(F)F)c1.Fc1ccccc1. The van der Waals surface area contributed by atoms with Crippen LogP contribution in [0.3, 0.4) is 0 Å². The molecule has 2 rings (SSSR count). The normalized spacial score (nSPS) is 12.9. The quantitative estimate of drug-likeness (QED) is 0.197. The summed E-state index contributed by atoms with van der Waals surface area (Å²) in [5.41, 5.74) is -2.89. The van der Waals surface area contributed by atoms with Crippen LogP contribution in [0, 0.1) is 5.82 Å². The second-order valence-corrected chi connectivity index (χ2v) is 8.04. The molecule has 0 radical (unpaired) electrons. The van der Waals surface area contributed by atoms with Gasteiger partial charge in [-0.05, 0) is 81.2 Å². The van der Waals surface area contributed by atoms with Gasteiger partial charge >= 0.3 is 12.4 Å². The summed E-state index contributed by atoms with van der Waals surface area (Å²) >= 11 is 0. The number of aliphatic hydroxyl groups is 1. The molecule has 2 N–H and O–H groups in total. The second kappa shape index (κ2) is 15.1. The predicted molar refractivity (Wildman–Crippen MR) is 122 cm³/mol. The Labute approximate surface area is 202 Å². The molecular formula is C25H33F7N2O. The monoisotopic (exact) mass is 510 g/mol. The average Bonchev–Trinajstić information content (AvgIpc) is 2.79. The molecule has 35 heavy (non-hydrogen) atoms. The molecule has 10 heteroatoms. The van der Waals surface area contributed by atoms with Crippen LogP contribution in [0.1, 0.15) is 56.2 Å². The van der Waals surface area contributed by atoms with E-state index in [4.69, 9.17) is 0 Å². The van der Waals surface area contributed by atoms with Crippen molar-refractivity contribution in [3.8, 4) is 0 Å². The van der Waals surface area contributed by atoms with Crippen LogP contribution in [-0.2, 0) is 18.9 Å². The molecule has 0 aliphatic carbocycles. The Balaban J connectivity index is 0.000000744. The third-order valence-electron chi connectivity index (χ3n) is 5.11. The van der Waals surface area contributed by atoms with Crippen LogP contribution < -0.4 is 5.32 Å². The molecule has 0 heterocycles. The number of benzene rings is 2. The van der Waals surface area contributed by atoms with Crippen LogP contribution in [0.2, 0.25) is 0 Å². The molecule has 0 saturated heterocycles. The zero-order valence-electron chi connectivity index (χ0n) is 19.9. The van der Waals surface area contributed by atoms with Gasteiger partial charge in [-0.1, -0.05) is 32.0 Å². The van der Waals surface area contributed by atoms with E-state index in [9.17, 15) is 35.8 Å². The van der Waals surface area contributed by atoms with Crippen LogP contribution in [0.15, 0.2) is 48.5 Å². The lowest BCUT2D eigenvalue weighted by atomic mass is 10.0. The van der Waals surface area contributed by atoms with Crippen molar-refractivity contribution in [3.63, 3.8) is 0 Å². The fourth-order valence-electron chi connectivity index (χ4n) is 3.29. The number of hydrogen-bond acceptors (Lipinski definition) is 3. The number of nitrogens with zero attached hydrogens (tertiary/aromatic N) is 1. The highest BCUT2D eigenvalue weighted by Crippen LogP contribution is 2.36. The van der Waals surface area contributed by atoms with Gasteiger partial charge in [-0.15, -0.1) is 0 Å². The number of halogens is 7. The third-order valence-corrected chi connectivity index (χ3v) is 5.11. The van der Waals surface area contributed by atoms with Gasteiger partial charge in [0.05, 0.1) is 11.1 Å². The first-order valence-corrected chi connectivity index (χ1v) is 11.5. The summed E-state index contributed by atoms with van der Waals surface area (Å²) < 4.78 is 89.0. The van der Waals surface area contributed by atoms with Crippen molar-refractivity contribution in [2.45, 2.75) is 64.7 Å². The molecule has 0 aromatic heterocycles. The molecule has 1 unspecified atom stereocenters. The van der Waals surface area contributed by atoms with E-state index in [1.807, 2.05) is 0 Å². The maximum Gasteiger partial charge on any atom is 0.416 e. The van der Waals surface area contributed by atoms with Gasteiger partial charge in [0, 0.05) is 6.54 Å². The van der Waals surface area contributed by atoms with Crippen LogP contribution in [0.5, 0.6) is 0 Å². The van der Waals surface area contributed by atoms with E-state index in [0.717, 1.165) is 32.5 Å². The first-order valence-electron chi connectivity index (χ1n) is 11.5. The van der Waals surface area contributed by atoms with E-state index in [2.05, 4.69) is 24.1 Å². The minimum atomic E-state index is -4.88. The Hall–Kier alpha value is -2.17. The fraction of sp³-hybridized carbons (Fsp3) is 0.520. The minimum Gasteiger partial charge on any atom is -0.379 e. The van der Waals surface area contributed by atoms with Gasteiger partial charge in [0.2, 0.25) is 0 Å². The lowest BCUT2D eigenvalue weighted by Crippen LogP contribution is -2.29. The summed E-state index contributed by atoms with van der Waals surface area (Å²) in [6, 6.07) is 9.36. The van der Waals surface area contributed by atoms with Gasteiger partial charge in [0.1, 0.15) is 12.0 Å². The number of aliphatic hydroxyl groups excluding tert-OH is 1. The van der Waals surface area contributed by atoms with Crippen molar-refractivity contribution < 1.29 is 35.8 Å². The molecule has 0 aliphatic heterocycles. The molecule has 2 aromatic carbocycles. The van der Waals surface area contributed by atoms with Gasteiger partial charge in [-0.2, -0.15) is 26.3 Å². The zero-order valence-corrected chi connectivity index (χ0v) is 19.9. The highest BCUT2D eigenvalue weighted by molar-refractivity contribution is 5.33. The third kappa shape index (κ3) is 12.9. The number of rotatable bonds is 11. The Morgan fingerprint density at radius 3 is 1.86 bits per heavy atom. The fourth-order valence-corrected chi connectivity index (χ4v) is 3.29. The average molecular weight is 511 g/mol. The Morgan fingerprint density at radius 2 is 1.43 bits per heavy atom. The molecule has 0 saturated carbocycles. The molecule has 0 fully saturated rings. The Kier molecular flexibility index (Phi) is 13.3. The van der Waals surface area contributed by atoms with E-state index in [1.54, 1.807) is 18.2 Å². The van der Waals surface area contributed by atoms with Crippen molar-refractivity contribution in [2.75, 3.05) is 19.6 Å². The van der Waals surface area contributed by atoms with E-state index in [0.29, 0.717) is 25.0 Å². The van der Waals surface area contributed by atoms with Crippen LogP contribution >= 0.6 is 0 Å². The topological polar surface area (TPSA) is 35.5 Å². The summed E-state index contributed by atoms with van der Waals surface area (Å²) in [5.74, 6) is -0.178. The number of nitrogens with one attached hydrogen (secondary N) is 1. The molecule has 0 bridgehead atoms. The lowest BCUT2D eigenvalue weighted by molar-refractivity contribution is -0.143. The standard InChI is InChI=1S/C19H28F6N2O.C6H5F/c1-3-8-27(4-2)9-6-5-7-17(28)26-13-14-10-15(18(20,21)22)12-16(11-14)19(23,24)25;7-6-4-2-1-3-5-6/h10-12,17,26,28H,3-9,13H2,1-2H3;1-5H. The molecule has 0 amide bonds. The molecular weight excluding hydrogens is 477 g/mol. The Morgan fingerprint density at radius 1 is 0.857 bits per heavy atom. The first-order chi connectivity index (χ1) is 16.4. The summed E-state index contributed by atoms with van der Waals surface area (Å²) in [6.45, 7) is 6.69. The van der Waals surface area contributed by atoms with Crippen molar-refractivity contribution in [3.05, 3.63) is 71.0 Å². The number of unbranched alkanes of at least 4 members (excludes halogenated alkanes) is 1. The molecule has 2 aromatic rings. The van der Waals surface area contributed by atoms with Crippen LogP contribution in [-0.4, -0.2) is 35.9 Å². The summed E-state index contributed by atoms with van der Waals surface area (Å²) in [6.07, 6.45) is -7.77. The molecule has 198 valence electrons. The summed E-state index contributed by atoms with van der Waals surface area (Å²) in [4.78, 5) is 2.28. The highest BCUT2D eigenvalue weighted by Gasteiger charge is 2.36. The smallest absolute Gasteiger partial charge is 0.379 e. The van der Waals surface area contributed by atoms with Crippen molar-refractivity contribution in [1.29, 1.82) is 0 Å². The maximum absolute atomic E-state index is 12.8. The molecule has 0 spiro atoms. The molecule has 0 aliphatic rings. The summed E-state index contributed by atoms with van der Waals surface area (Å²) in [7, 11) is 0. The predicted octanol–water partition coefficient (Wildman–Crippen LogP) is 6.86. The summed E-state index contributed by atoms with van der Waals surface area (Å²) in [5, 5.41) is 12.5. The largest absolute Gasteiger partial charge is 0.416 e. The van der Waals surface area contributed by atoms with Crippen molar-refractivity contribution >= 4 is 0 Å². The van der Waals surface area contributed by atoms with Crippen LogP contribution in [0.4, 0.5) is 30.7 Å². The van der Waals surface area contributed by atoms with Gasteiger partial charge < -0.3 is 10.0 Å². The number of alkyl halides is 6. The van der Waals surface area contributed by atoms with Gasteiger partial charge in [-0.25, -0.2) is 4.39 Å². The molecule has 3 nitrogen and oxygen atoms in total. The Bertz CT molecular complexity index is 810. The van der Waals surface area contributed by atoms with Gasteiger partial charge in [0.25, 0.3) is 0 Å². The highest BCUT2D eigenvalue weighted by atomic mass is 19.4. The molecule has 1 atom stereocenters. The van der Waals surface area contributed by atoms with Gasteiger partial charge in [-0.3, -0.25) is 5.32 Å². The first kappa shape index (κ1) is 30.9. The minimum absolute atomic E-state index is 0.0930. The zero-order chi connectivity index (χ0) is 26.5. The van der Waals surface area contributed by atoms with E-state index in [1.165, 1.54) is 12.1 Å². The van der Waals surface area contributed by atoms with Crippen molar-refractivity contribution in [1.82, 2.24) is 10.2 Å². The maximum atomic E-state index is 12.8. The second-order valence-electron chi connectivity index (χ2n) is 8.04. The lowest BCUT2D eigenvalue weighted by Gasteiger charge is -2.20. The van der Waals surface area contributed by atoms with Gasteiger partial charge in [0.15, 0.2) is 0 Å². The van der Waals surface area contributed by atoms with Crippen LogP contribution in [0.25, 0.3) is 0 Å².